The van der Waals surface area contributed by atoms with Gasteiger partial charge in [0, 0.05) is 5.92 Å². The van der Waals surface area contributed by atoms with Crippen molar-refractivity contribution in [3.63, 3.8) is 0 Å². The van der Waals surface area contributed by atoms with Gasteiger partial charge in [0.05, 0.1) is 12.6 Å². The summed E-state index contributed by atoms with van der Waals surface area (Å²) in [6.45, 7) is 1.08. The van der Waals surface area contributed by atoms with Crippen molar-refractivity contribution in [1.82, 2.24) is 4.90 Å². The number of fused-ring (bicyclic) bond motifs is 3. The summed E-state index contributed by atoms with van der Waals surface area (Å²) in [6.07, 6.45) is -4.33. The molecule has 0 radical (unpaired) electrons. The number of ether oxygens (including phenoxy) is 1. The molecule has 4 rings (SSSR count). The number of carbonyl (C=O) groups excluding carboxylic acids is 1. The molecule has 7 heteroatoms. The number of nitrogens with zero attached hydrogens (tertiary/aromatic N) is 1. The summed E-state index contributed by atoms with van der Waals surface area (Å²) in [7, 11) is 0. The van der Waals surface area contributed by atoms with E-state index in [9.17, 15) is 25.2 Å². The van der Waals surface area contributed by atoms with Crippen molar-refractivity contribution < 1.29 is 30.0 Å². The highest BCUT2D eigenvalue weighted by Crippen LogP contribution is 2.35. The summed E-state index contributed by atoms with van der Waals surface area (Å²) < 4.78 is 5.52. The molecule has 4 fully saturated rings. The zero-order valence-corrected chi connectivity index (χ0v) is 11.1. The van der Waals surface area contributed by atoms with Crippen LogP contribution in [0.25, 0.3) is 0 Å². The van der Waals surface area contributed by atoms with E-state index in [1.807, 2.05) is 4.90 Å². The fourth-order valence-corrected chi connectivity index (χ4v) is 3.64. The number of hydrogen-bond donors (Lipinski definition) is 4. The van der Waals surface area contributed by atoms with E-state index < -0.39 is 43.2 Å². The highest BCUT2D eigenvalue weighted by atomic mass is 16.5. The van der Waals surface area contributed by atoms with E-state index in [1.54, 1.807) is 0 Å². The van der Waals surface area contributed by atoms with Gasteiger partial charge in [0.15, 0.2) is 5.78 Å². The molecule has 0 aliphatic carbocycles. The minimum atomic E-state index is -1.42. The van der Waals surface area contributed by atoms with Crippen LogP contribution in [0.2, 0.25) is 0 Å². The van der Waals surface area contributed by atoms with Crippen LogP contribution >= 0.6 is 0 Å². The molecule has 6 unspecified atom stereocenters. The average molecular weight is 287 g/mol. The normalized spacial score (nSPS) is 52.3. The molecule has 2 bridgehead atoms. The molecule has 0 aromatic heterocycles. The standard InChI is InChI=1S/C13H21NO6/c15-5-7-10(17)11(18)12(19)13(20-7)8-9(16)6-1-3-14(8)4-2-6/h6-8,10-13,15,17-19H,1-5H2. The number of ketones is 1. The van der Waals surface area contributed by atoms with Gasteiger partial charge in [-0.2, -0.15) is 0 Å². The lowest BCUT2D eigenvalue weighted by molar-refractivity contribution is -0.245. The summed E-state index contributed by atoms with van der Waals surface area (Å²) in [4.78, 5) is 14.3. The molecule has 6 atom stereocenters. The number of rotatable bonds is 2. The minimum absolute atomic E-state index is 0.00244. The van der Waals surface area contributed by atoms with Crippen molar-refractivity contribution in [3.8, 4) is 0 Å². The Balaban J connectivity index is 1.83. The Morgan fingerprint density at radius 2 is 1.75 bits per heavy atom. The van der Waals surface area contributed by atoms with Crippen LogP contribution in [0.1, 0.15) is 12.8 Å². The molecule has 0 amide bonds. The van der Waals surface area contributed by atoms with Gasteiger partial charge in [0.25, 0.3) is 0 Å². The van der Waals surface area contributed by atoms with Gasteiger partial charge in [0.2, 0.25) is 0 Å². The number of Topliss-reactive ketones (excluding diaryl/α,β-unsaturated/α-hetero) is 1. The first-order valence-corrected chi connectivity index (χ1v) is 7.13. The lowest BCUT2D eigenvalue weighted by Gasteiger charge is -2.50. The van der Waals surface area contributed by atoms with E-state index in [0.717, 1.165) is 25.9 Å². The molecule has 114 valence electrons. The van der Waals surface area contributed by atoms with Gasteiger partial charge in [-0.15, -0.1) is 0 Å². The zero-order valence-electron chi connectivity index (χ0n) is 11.1. The average Bonchev–Trinajstić information content (AvgIpc) is 2.47. The Hall–Kier alpha value is -0.570. The summed E-state index contributed by atoms with van der Waals surface area (Å²) >= 11 is 0. The van der Waals surface area contributed by atoms with Crippen molar-refractivity contribution in [1.29, 1.82) is 0 Å². The van der Waals surface area contributed by atoms with E-state index >= 15 is 0 Å². The molecule has 4 N–H and O–H groups in total. The third-order valence-corrected chi connectivity index (χ3v) is 4.86. The second-order valence-electron chi connectivity index (χ2n) is 5.95. The number of piperidine rings is 3. The van der Waals surface area contributed by atoms with Gasteiger partial charge in [-0.3, -0.25) is 9.69 Å². The van der Waals surface area contributed by atoms with Crippen LogP contribution in [0.15, 0.2) is 0 Å². The Kier molecular flexibility index (Phi) is 3.83. The van der Waals surface area contributed by atoms with Crippen molar-refractivity contribution in [2.75, 3.05) is 19.7 Å². The molecular formula is C13H21NO6. The van der Waals surface area contributed by atoms with Crippen LogP contribution in [-0.2, 0) is 9.53 Å². The summed E-state index contributed by atoms with van der Waals surface area (Å²) in [6, 6.07) is -0.589. The van der Waals surface area contributed by atoms with Crippen molar-refractivity contribution >= 4 is 5.78 Å². The summed E-state index contributed by atoms with van der Waals surface area (Å²) in [5.41, 5.74) is 0. The van der Waals surface area contributed by atoms with E-state index in [-0.39, 0.29) is 11.7 Å². The van der Waals surface area contributed by atoms with Crippen molar-refractivity contribution in [2.24, 2.45) is 5.92 Å². The van der Waals surface area contributed by atoms with Crippen LogP contribution in [0.4, 0.5) is 0 Å². The zero-order chi connectivity index (χ0) is 14.4. The first-order chi connectivity index (χ1) is 9.54. The Bertz CT molecular complexity index is 381. The number of hydrogen-bond acceptors (Lipinski definition) is 7. The number of carbonyl (C=O) groups is 1. The van der Waals surface area contributed by atoms with Gasteiger partial charge in [-0.25, -0.2) is 0 Å². The predicted molar refractivity (Wildman–Crippen MR) is 66.9 cm³/mol. The van der Waals surface area contributed by atoms with E-state index in [2.05, 4.69) is 0 Å². The maximum atomic E-state index is 12.4. The Morgan fingerprint density at radius 3 is 2.30 bits per heavy atom. The monoisotopic (exact) mass is 287 g/mol. The van der Waals surface area contributed by atoms with Gasteiger partial charge >= 0.3 is 0 Å². The van der Waals surface area contributed by atoms with Crippen molar-refractivity contribution in [3.05, 3.63) is 0 Å². The van der Waals surface area contributed by atoms with Gasteiger partial charge < -0.3 is 25.2 Å². The lowest BCUT2D eigenvalue weighted by atomic mass is 9.77. The molecule has 0 spiro atoms. The third-order valence-electron chi connectivity index (χ3n) is 4.86. The minimum Gasteiger partial charge on any atom is -0.394 e. The molecule has 0 aromatic rings. The lowest BCUT2D eigenvalue weighted by Crippen LogP contribution is -2.69. The molecule has 0 aromatic carbocycles. The molecule has 4 saturated heterocycles. The quantitative estimate of drug-likeness (QED) is 0.444. The topological polar surface area (TPSA) is 110 Å². The maximum Gasteiger partial charge on any atom is 0.155 e. The molecule has 4 aliphatic heterocycles. The van der Waals surface area contributed by atoms with E-state index in [0.29, 0.717) is 0 Å². The summed E-state index contributed by atoms with van der Waals surface area (Å²) in [5.74, 6) is 0.0317. The van der Waals surface area contributed by atoms with E-state index in [1.165, 1.54) is 0 Å². The second-order valence-corrected chi connectivity index (χ2v) is 5.95. The molecular weight excluding hydrogens is 266 g/mol. The van der Waals surface area contributed by atoms with Gasteiger partial charge in [-0.1, -0.05) is 0 Å². The van der Waals surface area contributed by atoms with Gasteiger partial charge in [0.1, 0.15) is 30.5 Å². The fraction of sp³-hybridized carbons (Fsp3) is 0.923. The van der Waals surface area contributed by atoms with Crippen LogP contribution in [0, 0.1) is 5.92 Å². The molecule has 4 aliphatic rings. The van der Waals surface area contributed by atoms with Crippen LogP contribution in [0.3, 0.4) is 0 Å². The van der Waals surface area contributed by atoms with Crippen LogP contribution in [0.5, 0.6) is 0 Å². The number of aliphatic hydroxyl groups excluding tert-OH is 4. The fourth-order valence-electron chi connectivity index (χ4n) is 3.64. The van der Waals surface area contributed by atoms with Crippen LogP contribution in [-0.4, -0.2) is 87.4 Å². The van der Waals surface area contributed by atoms with E-state index in [4.69, 9.17) is 4.74 Å². The number of aliphatic hydroxyl groups is 4. The SMILES string of the molecule is O=C1C2CCN(CC2)C1C1OC(CO)C(O)C(O)C1O. The predicted octanol–water partition coefficient (Wildman–Crippen LogP) is -2.51. The molecule has 0 saturated carbocycles. The third kappa shape index (κ3) is 2.09. The van der Waals surface area contributed by atoms with Crippen molar-refractivity contribution in [2.45, 2.75) is 49.4 Å². The molecule has 7 nitrogen and oxygen atoms in total. The summed E-state index contributed by atoms with van der Waals surface area (Å²) in [5, 5.41) is 38.9. The first-order valence-electron chi connectivity index (χ1n) is 7.13. The Morgan fingerprint density at radius 1 is 1.10 bits per heavy atom. The Labute approximate surface area is 116 Å². The second kappa shape index (κ2) is 5.32. The van der Waals surface area contributed by atoms with Gasteiger partial charge in [-0.05, 0) is 25.9 Å². The maximum absolute atomic E-state index is 12.4. The highest BCUT2D eigenvalue weighted by molar-refractivity contribution is 5.88. The first kappa shape index (κ1) is 14.4. The molecule has 20 heavy (non-hydrogen) atoms. The van der Waals surface area contributed by atoms with Crippen LogP contribution < -0.4 is 0 Å². The highest BCUT2D eigenvalue weighted by Gasteiger charge is 2.53. The molecule has 4 heterocycles. The smallest absolute Gasteiger partial charge is 0.155 e. The largest absolute Gasteiger partial charge is 0.394 e.